The summed E-state index contributed by atoms with van der Waals surface area (Å²) < 4.78 is 4.58. The molecule has 0 spiro atoms. The highest BCUT2D eigenvalue weighted by Gasteiger charge is 2.15. The van der Waals surface area contributed by atoms with E-state index in [0.29, 0.717) is 0 Å². The standard InChI is InChI=1S/C16H15N5O2/c1-19-9-11(7-18-19)10-4-5-13-12(6-10)15-14(8-17-13)20(2)16(22)21(15)23-3/h4-9H,1-3H3. The fourth-order valence-corrected chi connectivity index (χ4v) is 2.88. The van der Waals surface area contributed by atoms with Crippen LogP contribution in [0.15, 0.2) is 41.6 Å². The highest BCUT2D eigenvalue weighted by Crippen LogP contribution is 2.27. The molecule has 7 heteroatoms. The van der Waals surface area contributed by atoms with E-state index in [1.165, 1.54) is 16.4 Å². The van der Waals surface area contributed by atoms with Crippen LogP contribution in [0.4, 0.5) is 0 Å². The van der Waals surface area contributed by atoms with Crippen molar-refractivity contribution < 1.29 is 4.84 Å². The second-order valence-electron chi connectivity index (χ2n) is 5.45. The van der Waals surface area contributed by atoms with Gasteiger partial charge in [-0.25, -0.2) is 4.79 Å². The number of rotatable bonds is 2. The lowest BCUT2D eigenvalue weighted by molar-refractivity contribution is 0.167. The van der Waals surface area contributed by atoms with Gasteiger partial charge in [-0.15, -0.1) is 4.73 Å². The van der Waals surface area contributed by atoms with Gasteiger partial charge in [-0.1, -0.05) is 6.07 Å². The summed E-state index contributed by atoms with van der Waals surface area (Å²) in [6, 6.07) is 5.95. The molecular formula is C16H15N5O2. The number of nitrogens with zero attached hydrogens (tertiary/aromatic N) is 5. The lowest BCUT2D eigenvalue weighted by Crippen LogP contribution is -2.25. The zero-order valence-electron chi connectivity index (χ0n) is 13.0. The van der Waals surface area contributed by atoms with Crippen LogP contribution in [0, 0.1) is 0 Å². The zero-order valence-corrected chi connectivity index (χ0v) is 13.0. The molecule has 23 heavy (non-hydrogen) atoms. The average Bonchev–Trinajstić information content (AvgIpc) is 3.10. The molecule has 0 amide bonds. The van der Waals surface area contributed by atoms with Crippen LogP contribution < -0.4 is 10.5 Å². The quantitative estimate of drug-likeness (QED) is 0.560. The molecule has 4 rings (SSSR count). The van der Waals surface area contributed by atoms with Crippen LogP contribution >= 0.6 is 0 Å². The van der Waals surface area contributed by atoms with Gasteiger partial charge in [0.25, 0.3) is 0 Å². The van der Waals surface area contributed by atoms with Crippen molar-refractivity contribution in [3.63, 3.8) is 0 Å². The van der Waals surface area contributed by atoms with Crippen molar-refractivity contribution >= 4 is 21.9 Å². The number of hydrogen-bond acceptors (Lipinski definition) is 4. The smallest absolute Gasteiger partial charge is 0.361 e. The van der Waals surface area contributed by atoms with E-state index in [-0.39, 0.29) is 5.69 Å². The number of aryl methyl sites for hydroxylation is 2. The topological polar surface area (TPSA) is 66.9 Å². The lowest BCUT2D eigenvalue weighted by Gasteiger charge is -2.05. The summed E-state index contributed by atoms with van der Waals surface area (Å²) in [4.78, 5) is 22.0. The molecule has 3 heterocycles. The Kier molecular flexibility index (Phi) is 2.77. The van der Waals surface area contributed by atoms with E-state index in [4.69, 9.17) is 4.84 Å². The monoisotopic (exact) mass is 309 g/mol. The van der Waals surface area contributed by atoms with Gasteiger partial charge in [-0.3, -0.25) is 14.2 Å². The molecule has 0 unspecified atom stereocenters. The number of aromatic nitrogens is 5. The fourth-order valence-electron chi connectivity index (χ4n) is 2.88. The Morgan fingerprint density at radius 3 is 2.65 bits per heavy atom. The van der Waals surface area contributed by atoms with E-state index >= 15 is 0 Å². The van der Waals surface area contributed by atoms with Gasteiger partial charge in [-0.2, -0.15) is 5.10 Å². The predicted molar refractivity (Wildman–Crippen MR) is 87.2 cm³/mol. The number of imidazole rings is 1. The molecule has 0 atom stereocenters. The Bertz CT molecular complexity index is 1100. The molecule has 0 saturated carbocycles. The Morgan fingerprint density at radius 2 is 1.96 bits per heavy atom. The maximum absolute atomic E-state index is 12.3. The van der Waals surface area contributed by atoms with Gasteiger partial charge in [0.15, 0.2) is 0 Å². The van der Waals surface area contributed by atoms with Crippen LogP contribution in [0.3, 0.4) is 0 Å². The van der Waals surface area contributed by atoms with Crippen LogP contribution in [-0.4, -0.2) is 31.2 Å². The highest BCUT2D eigenvalue weighted by molar-refractivity contribution is 6.03. The van der Waals surface area contributed by atoms with Crippen LogP contribution in [0.25, 0.3) is 33.1 Å². The van der Waals surface area contributed by atoms with E-state index in [0.717, 1.165) is 33.1 Å². The largest absolute Gasteiger partial charge is 0.412 e. The Labute approximate surface area is 131 Å². The molecule has 7 nitrogen and oxygen atoms in total. The van der Waals surface area contributed by atoms with Crippen molar-refractivity contribution in [2.24, 2.45) is 14.1 Å². The summed E-state index contributed by atoms with van der Waals surface area (Å²) in [6.07, 6.45) is 5.45. The van der Waals surface area contributed by atoms with Gasteiger partial charge < -0.3 is 4.84 Å². The molecule has 0 N–H and O–H groups in total. The zero-order chi connectivity index (χ0) is 16.1. The highest BCUT2D eigenvalue weighted by atomic mass is 16.7. The first-order valence-corrected chi connectivity index (χ1v) is 7.14. The van der Waals surface area contributed by atoms with Gasteiger partial charge in [0.05, 0.1) is 23.4 Å². The van der Waals surface area contributed by atoms with Crippen LogP contribution in [0.2, 0.25) is 0 Å². The third kappa shape index (κ3) is 1.86. The lowest BCUT2D eigenvalue weighted by atomic mass is 10.1. The van der Waals surface area contributed by atoms with E-state index in [1.807, 2.05) is 37.6 Å². The maximum atomic E-state index is 12.3. The third-order valence-corrected chi connectivity index (χ3v) is 4.07. The molecule has 0 aliphatic carbocycles. The van der Waals surface area contributed by atoms with Crippen molar-refractivity contribution in [3.8, 4) is 11.1 Å². The molecule has 0 radical (unpaired) electrons. The fraction of sp³-hybridized carbons (Fsp3) is 0.188. The predicted octanol–water partition coefficient (Wildman–Crippen LogP) is 1.35. The second kappa shape index (κ2) is 4.70. The van der Waals surface area contributed by atoms with Gasteiger partial charge in [-0.05, 0) is 17.7 Å². The van der Waals surface area contributed by atoms with E-state index in [9.17, 15) is 4.79 Å². The second-order valence-corrected chi connectivity index (χ2v) is 5.45. The van der Waals surface area contributed by atoms with Crippen LogP contribution in [0.5, 0.6) is 0 Å². The minimum absolute atomic E-state index is 0.233. The van der Waals surface area contributed by atoms with E-state index in [1.54, 1.807) is 17.9 Å². The van der Waals surface area contributed by atoms with Crippen molar-refractivity contribution in [2.75, 3.05) is 7.11 Å². The molecule has 3 aromatic heterocycles. The van der Waals surface area contributed by atoms with Crippen LogP contribution in [-0.2, 0) is 14.1 Å². The maximum Gasteiger partial charge on any atom is 0.361 e. The first-order valence-electron chi connectivity index (χ1n) is 7.14. The minimum Gasteiger partial charge on any atom is -0.412 e. The molecule has 116 valence electrons. The summed E-state index contributed by atoms with van der Waals surface area (Å²) >= 11 is 0. The average molecular weight is 309 g/mol. The Balaban J connectivity index is 2.12. The molecule has 4 aromatic rings. The Morgan fingerprint density at radius 1 is 1.13 bits per heavy atom. The van der Waals surface area contributed by atoms with Gasteiger partial charge in [0.2, 0.25) is 0 Å². The summed E-state index contributed by atoms with van der Waals surface area (Å²) in [5.74, 6) is 0. The molecule has 0 aliphatic rings. The molecule has 0 saturated heterocycles. The van der Waals surface area contributed by atoms with Crippen LogP contribution in [0.1, 0.15) is 0 Å². The normalized spacial score (nSPS) is 11.4. The number of pyridine rings is 1. The van der Waals surface area contributed by atoms with Gasteiger partial charge >= 0.3 is 5.69 Å². The minimum atomic E-state index is -0.233. The summed E-state index contributed by atoms with van der Waals surface area (Å²) in [5.41, 5.74) is 4.04. The number of hydrogen-bond donors (Lipinski definition) is 0. The van der Waals surface area contributed by atoms with Crippen molar-refractivity contribution in [3.05, 3.63) is 47.3 Å². The SMILES string of the molecule is COn1c(=O)n(C)c2cnc3ccc(-c4cnn(C)c4)cc3c21. The van der Waals surface area contributed by atoms with Crippen molar-refractivity contribution in [2.45, 2.75) is 0 Å². The summed E-state index contributed by atoms with van der Waals surface area (Å²) in [5, 5.41) is 5.07. The van der Waals surface area contributed by atoms with E-state index in [2.05, 4.69) is 10.1 Å². The summed E-state index contributed by atoms with van der Waals surface area (Å²) in [7, 11) is 5.07. The number of benzene rings is 1. The first kappa shape index (κ1) is 13.6. The summed E-state index contributed by atoms with van der Waals surface area (Å²) in [6.45, 7) is 0. The third-order valence-electron chi connectivity index (χ3n) is 4.07. The Hall–Kier alpha value is -3.09. The van der Waals surface area contributed by atoms with Gasteiger partial charge in [0, 0.05) is 31.2 Å². The van der Waals surface area contributed by atoms with Crippen molar-refractivity contribution in [1.29, 1.82) is 0 Å². The molecular weight excluding hydrogens is 294 g/mol. The molecule has 0 aliphatic heterocycles. The number of fused-ring (bicyclic) bond motifs is 3. The molecule has 1 aromatic carbocycles. The van der Waals surface area contributed by atoms with E-state index < -0.39 is 0 Å². The van der Waals surface area contributed by atoms with Crippen molar-refractivity contribution in [1.82, 2.24) is 24.1 Å². The first-order chi connectivity index (χ1) is 11.1. The molecule has 0 bridgehead atoms. The molecule has 0 fully saturated rings. The van der Waals surface area contributed by atoms with Gasteiger partial charge in [0.1, 0.15) is 12.6 Å².